The van der Waals surface area contributed by atoms with Crippen molar-refractivity contribution in [2.75, 3.05) is 13.1 Å². The maximum atomic E-state index is 11.9. The summed E-state index contributed by atoms with van der Waals surface area (Å²) in [4.78, 5) is 27.4. The third kappa shape index (κ3) is 6.15. The van der Waals surface area contributed by atoms with Crippen molar-refractivity contribution >= 4 is 11.8 Å². The minimum atomic E-state index is -0.264. The summed E-state index contributed by atoms with van der Waals surface area (Å²) < 4.78 is 0. The summed E-state index contributed by atoms with van der Waals surface area (Å²) in [6.45, 7) is 20.2. The van der Waals surface area contributed by atoms with E-state index in [1.165, 1.54) is 12.2 Å². The third-order valence-corrected chi connectivity index (χ3v) is 3.26. The number of carbonyl (C=O) groups is 2. The maximum absolute atomic E-state index is 11.9. The van der Waals surface area contributed by atoms with Gasteiger partial charge in [-0.15, -0.1) is 0 Å². The molecule has 0 aromatic heterocycles. The molecule has 4 heteroatoms. The molecule has 0 N–H and O–H groups in total. The van der Waals surface area contributed by atoms with Gasteiger partial charge in [0, 0.05) is 24.2 Å². The monoisotopic (exact) mass is 294 g/mol. The first-order chi connectivity index (χ1) is 9.45. The second-order valence-electron chi connectivity index (χ2n) is 7.08. The largest absolute Gasteiger partial charge is 0.334 e. The van der Waals surface area contributed by atoms with Crippen LogP contribution in [-0.2, 0) is 9.59 Å². The molecule has 4 nitrogen and oxygen atoms in total. The molecule has 0 aromatic carbocycles. The quantitative estimate of drug-likeness (QED) is 0.707. The van der Waals surface area contributed by atoms with Crippen LogP contribution < -0.4 is 0 Å². The van der Waals surface area contributed by atoms with Crippen molar-refractivity contribution in [2.45, 2.75) is 59.0 Å². The van der Waals surface area contributed by atoms with E-state index in [1.54, 1.807) is 9.80 Å². The summed E-state index contributed by atoms with van der Waals surface area (Å²) in [5.41, 5.74) is -0.527. The highest BCUT2D eigenvalue weighted by atomic mass is 16.2. The van der Waals surface area contributed by atoms with E-state index < -0.39 is 0 Å². The van der Waals surface area contributed by atoms with Crippen LogP contribution in [0.1, 0.15) is 48.0 Å². The van der Waals surface area contributed by atoms with E-state index >= 15 is 0 Å². The molecule has 2 amide bonds. The lowest BCUT2D eigenvalue weighted by Gasteiger charge is -2.38. The highest BCUT2D eigenvalue weighted by Crippen LogP contribution is 2.17. The van der Waals surface area contributed by atoms with Gasteiger partial charge in [-0.3, -0.25) is 9.59 Å². The van der Waals surface area contributed by atoms with Crippen molar-refractivity contribution in [3.05, 3.63) is 25.3 Å². The van der Waals surface area contributed by atoms with Gasteiger partial charge in [0.2, 0.25) is 11.8 Å². The zero-order valence-corrected chi connectivity index (χ0v) is 14.4. The van der Waals surface area contributed by atoms with Gasteiger partial charge in [0.05, 0.1) is 0 Å². The molecule has 0 saturated heterocycles. The van der Waals surface area contributed by atoms with Gasteiger partial charge in [0.1, 0.15) is 0 Å². The Morgan fingerprint density at radius 2 is 1.10 bits per heavy atom. The molecule has 0 spiro atoms. The number of hydrogen-bond acceptors (Lipinski definition) is 2. The van der Waals surface area contributed by atoms with Crippen molar-refractivity contribution in [2.24, 2.45) is 0 Å². The van der Waals surface area contributed by atoms with Crippen LogP contribution in [0.5, 0.6) is 0 Å². The lowest BCUT2D eigenvalue weighted by molar-refractivity contribution is -0.131. The molecule has 0 aliphatic rings. The van der Waals surface area contributed by atoms with Gasteiger partial charge in [-0.25, -0.2) is 0 Å². The number of nitrogens with zero attached hydrogens (tertiary/aromatic N) is 2. The SMILES string of the molecule is C=CC(=O)N(CCCN(C(=O)C=C)C(C)(C)C)C(C)(C)C. The zero-order chi connectivity index (χ0) is 16.8. The minimum absolute atomic E-state index is 0.0835. The van der Waals surface area contributed by atoms with E-state index in [1.807, 2.05) is 41.5 Å². The molecule has 0 saturated carbocycles. The number of amides is 2. The van der Waals surface area contributed by atoms with Crippen molar-refractivity contribution in [1.82, 2.24) is 9.80 Å². The summed E-state index contributed by atoms with van der Waals surface area (Å²) in [5.74, 6) is -0.167. The van der Waals surface area contributed by atoms with Crippen LogP contribution >= 0.6 is 0 Å². The first-order valence-corrected chi connectivity index (χ1v) is 7.33. The van der Waals surface area contributed by atoms with E-state index in [9.17, 15) is 9.59 Å². The highest BCUT2D eigenvalue weighted by Gasteiger charge is 2.27. The average Bonchev–Trinajstić information content (AvgIpc) is 2.34. The van der Waals surface area contributed by atoms with Gasteiger partial charge in [-0.2, -0.15) is 0 Å². The molecule has 0 aliphatic carbocycles. The smallest absolute Gasteiger partial charge is 0.246 e. The molecule has 0 unspecified atom stereocenters. The van der Waals surface area contributed by atoms with Gasteiger partial charge < -0.3 is 9.80 Å². The molecule has 0 heterocycles. The molecule has 0 fully saturated rings. The summed E-state index contributed by atoms with van der Waals surface area (Å²) in [5, 5.41) is 0. The second kappa shape index (κ2) is 7.43. The van der Waals surface area contributed by atoms with E-state index in [2.05, 4.69) is 13.2 Å². The standard InChI is InChI=1S/C17H30N2O2/c1-9-14(20)18(16(3,4)5)12-11-13-19(15(21)10-2)17(6,7)8/h9-10H,1-2,11-13H2,3-8H3. The van der Waals surface area contributed by atoms with Crippen LogP contribution in [0.25, 0.3) is 0 Å². The predicted molar refractivity (Wildman–Crippen MR) is 87.9 cm³/mol. The Bertz CT molecular complexity index is 362. The molecule has 0 atom stereocenters. The predicted octanol–water partition coefficient (Wildman–Crippen LogP) is 3.00. The van der Waals surface area contributed by atoms with Crippen molar-refractivity contribution in [1.29, 1.82) is 0 Å². The van der Waals surface area contributed by atoms with Gasteiger partial charge in [-0.05, 0) is 60.1 Å². The molecule has 0 aromatic rings. The van der Waals surface area contributed by atoms with Crippen LogP contribution in [0, 0.1) is 0 Å². The highest BCUT2D eigenvalue weighted by molar-refractivity contribution is 5.88. The van der Waals surface area contributed by atoms with Gasteiger partial charge >= 0.3 is 0 Å². The molecular weight excluding hydrogens is 264 g/mol. The van der Waals surface area contributed by atoms with E-state index in [-0.39, 0.29) is 22.9 Å². The molecular formula is C17H30N2O2. The Labute approximate surface area is 129 Å². The Kier molecular flexibility index (Phi) is 6.88. The fraction of sp³-hybridized carbons (Fsp3) is 0.647. The molecule has 120 valence electrons. The lowest BCUT2D eigenvalue weighted by atomic mass is 10.0. The Balaban J connectivity index is 4.82. The first kappa shape index (κ1) is 19.4. The molecule has 0 radical (unpaired) electrons. The van der Waals surface area contributed by atoms with E-state index in [4.69, 9.17) is 0 Å². The van der Waals surface area contributed by atoms with Crippen LogP contribution in [0.2, 0.25) is 0 Å². The average molecular weight is 294 g/mol. The van der Waals surface area contributed by atoms with Gasteiger partial charge in [0.15, 0.2) is 0 Å². The van der Waals surface area contributed by atoms with Gasteiger partial charge in [0.25, 0.3) is 0 Å². The number of rotatable bonds is 6. The molecule has 0 aliphatic heterocycles. The second-order valence-corrected chi connectivity index (χ2v) is 7.08. The fourth-order valence-corrected chi connectivity index (χ4v) is 2.16. The molecule has 21 heavy (non-hydrogen) atoms. The third-order valence-electron chi connectivity index (χ3n) is 3.26. The summed E-state index contributed by atoms with van der Waals surface area (Å²) in [6.07, 6.45) is 3.39. The lowest BCUT2D eigenvalue weighted by Crippen LogP contribution is -2.48. The van der Waals surface area contributed by atoms with Crippen molar-refractivity contribution in [3.63, 3.8) is 0 Å². The first-order valence-electron chi connectivity index (χ1n) is 7.33. The molecule has 0 rings (SSSR count). The number of carbonyl (C=O) groups excluding carboxylic acids is 2. The fourth-order valence-electron chi connectivity index (χ4n) is 2.16. The van der Waals surface area contributed by atoms with Crippen molar-refractivity contribution in [3.8, 4) is 0 Å². The minimum Gasteiger partial charge on any atom is -0.334 e. The Hall–Kier alpha value is -1.58. The normalized spacial score (nSPS) is 11.7. The topological polar surface area (TPSA) is 40.6 Å². The van der Waals surface area contributed by atoms with Crippen LogP contribution in [0.3, 0.4) is 0 Å². The summed E-state index contributed by atoms with van der Waals surface area (Å²) in [6, 6.07) is 0. The van der Waals surface area contributed by atoms with Crippen molar-refractivity contribution < 1.29 is 9.59 Å². The van der Waals surface area contributed by atoms with E-state index in [0.717, 1.165) is 0 Å². The zero-order valence-electron chi connectivity index (χ0n) is 14.4. The summed E-state index contributed by atoms with van der Waals surface area (Å²) in [7, 11) is 0. The van der Waals surface area contributed by atoms with Crippen LogP contribution in [0.4, 0.5) is 0 Å². The maximum Gasteiger partial charge on any atom is 0.246 e. The Morgan fingerprint density at radius 3 is 1.29 bits per heavy atom. The molecule has 0 bridgehead atoms. The van der Waals surface area contributed by atoms with Crippen LogP contribution in [0.15, 0.2) is 25.3 Å². The van der Waals surface area contributed by atoms with Crippen LogP contribution in [-0.4, -0.2) is 45.8 Å². The summed E-state index contributed by atoms with van der Waals surface area (Å²) >= 11 is 0. The van der Waals surface area contributed by atoms with Gasteiger partial charge in [-0.1, -0.05) is 13.2 Å². The van der Waals surface area contributed by atoms with E-state index in [0.29, 0.717) is 19.5 Å². The Morgan fingerprint density at radius 1 is 0.810 bits per heavy atom. The number of hydrogen-bond donors (Lipinski definition) is 0.